The van der Waals surface area contributed by atoms with Gasteiger partial charge in [-0.05, 0) is 23.7 Å². The van der Waals surface area contributed by atoms with E-state index in [0.717, 1.165) is 25.7 Å². The van der Waals surface area contributed by atoms with Gasteiger partial charge in [-0.1, -0.05) is 68.2 Å². The number of hydrogen-bond donors (Lipinski definition) is 0. The smallest absolute Gasteiger partial charge is 0.430 e. The molecule has 0 aromatic heterocycles. The topological polar surface area (TPSA) is 35.5 Å². The molecule has 0 heterocycles. The van der Waals surface area contributed by atoms with Gasteiger partial charge < -0.3 is 9.47 Å². The maximum Gasteiger partial charge on any atom is 0.508 e. The predicted octanol–water partition coefficient (Wildman–Crippen LogP) is 5.57. The van der Waals surface area contributed by atoms with Crippen molar-refractivity contribution < 1.29 is 14.3 Å². The normalized spacial score (nSPS) is 15.6. The second-order valence-electron chi connectivity index (χ2n) is 7.77. The molecule has 0 aromatic carbocycles. The molecule has 0 N–H and O–H groups in total. The van der Waals surface area contributed by atoms with E-state index in [-0.39, 0.29) is 23.0 Å². The Morgan fingerprint density at radius 3 is 1.30 bits per heavy atom. The highest BCUT2D eigenvalue weighted by Gasteiger charge is 2.32. The first-order valence-corrected chi connectivity index (χ1v) is 7.89. The lowest BCUT2D eigenvalue weighted by Gasteiger charge is -2.33. The highest BCUT2D eigenvalue weighted by Crippen LogP contribution is 2.29. The van der Waals surface area contributed by atoms with Crippen molar-refractivity contribution in [1.29, 1.82) is 0 Å². The lowest BCUT2D eigenvalue weighted by molar-refractivity contribution is -0.0597. The maximum absolute atomic E-state index is 12.1. The Bertz CT molecular complexity index is 256. The fourth-order valence-corrected chi connectivity index (χ4v) is 2.12. The van der Waals surface area contributed by atoms with Crippen LogP contribution in [0.4, 0.5) is 4.79 Å². The fourth-order valence-electron chi connectivity index (χ4n) is 2.12. The van der Waals surface area contributed by atoms with Crippen molar-refractivity contribution in [2.45, 2.75) is 93.3 Å². The minimum absolute atomic E-state index is 0.0585. The average molecular weight is 286 g/mol. The molecule has 2 atom stereocenters. The van der Waals surface area contributed by atoms with Crippen LogP contribution in [-0.4, -0.2) is 18.4 Å². The summed E-state index contributed by atoms with van der Waals surface area (Å²) < 4.78 is 11.1. The summed E-state index contributed by atoms with van der Waals surface area (Å²) in [6.07, 6.45) is 3.01. The van der Waals surface area contributed by atoms with E-state index >= 15 is 0 Å². The van der Waals surface area contributed by atoms with E-state index < -0.39 is 6.16 Å². The standard InChI is InChI=1S/C17H34O3/c1-9-11-13(16(3,4)5)19-15(18)20-14(12-10-2)17(6,7)8/h13-14H,9-12H2,1-8H3. The van der Waals surface area contributed by atoms with Crippen molar-refractivity contribution in [3.63, 3.8) is 0 Å². The van der Waals surface area contributed by atoms with Crippen molar-refractivity contribution in [1.82, 2.24) is 0 Å². The zero-order valence-corrected chi connectivity index (χ0v) is 14.7. The van der Waals surface area contributed by atoms with E-state index in [0.29, 0.717) is 0 Å². The van der Waals surface area contributed by atoms with Gasteiger partial charge in [-0.25, -0.2) is 4.79 Å². The molecular weight excluding hydrogens is 252 g/mol. The first-order valence-electron chi connectivity index (χ1n) is 7.89. The lowest BCUT2D eigenvalue weighted by atomic mass is 9.86. The van der Waals surface area contributed by atoms with Crippen LogP contribution in [0.25, 0.3) is 0 Å². The molecule has 0 aliphatic carbocycles. The molecule has 2 unspecified atom stereocenters. The third kappa shape index (κ3) is 7.16. The van der Waals surface area contributed by atoms with Gasteiger partial charge in [-0.2, -0.15) is 0 Å². The van der Waals surface area contributed by atoms with Crippen LogP contribution >= 0.6 is 0 Å². The van der Waals surface area contributed by atoms with Crippen LogP contribution in [0.5, 0.6) is 0 Å². The van der Waals surface area contributed by atoms with Crippen molar-refractivity contribution >= 4 is 6.16 Å². The molecule has 0 bridgehead atoms. The molecular formula is C17H34O3. The van der Waals surface area contributed by atoms with Crippen LogP contribution in [0.2, 0.25) is 0 Å². The minimum atomic E-state index is -0.522. The molecule has 0 radical (unpaired) electrons. The summed E-state index contributed by atoms with van der Waals surface area (Å²) in [6, 6.07) is 0. The molecule has 3 heteroatoms. The molecule has 0 spiro atoms. The molecule has 3 nitrogen and oxygen atoms in total. The first-order chi connectivity index (χ1) is 9.02. The molecule has 0 aliphatic heterocycles. The van der Waals surface area contributed by atoms with Crippen LogP contribution in [-0.2, 0) is 9.47 Å². The van der Waals surface area contributed by atoms with E-state index in [1.165, 1.54) is 0 Å². The zero-order chi connectivity index (χ0) is 16.0. The Balaban J connectivity index is 4.65. The molecule has 0 rings (SSSR count). The quantitative estimate of drug-likeness (QED) is 0.599. The maximum atomic E-state index is 12.1. The van der Waals surface area contributed by atoms with Crippen molar-refractivity contribution in [3.8, 4) is 0 Å². The molecule has 20 heavy (non-hydrogen) atoms. The van der Waals surface area contributed by atoms with Crippen LogP contribution in [0.15, 0.2) is 0 Å². The SMILES string of the molecule is CCCC(OC(=O)OC(CCC)C(C)(C)C)C(C)(C)C. The number of carbonyl (C=O) groups excluding carboxylic acids is 1. The summed E-state index contributed by atoms with van der Waals surface area (Å²) in [5.74, 6) is 0. The largest absolute Gasteiger partial charge is 0.508 e. The Kier molecular flexibility index (Phi) is 7.61. The number of ether oxygens (including phenoxy) is 2. The van der Waals surface area contributed by atoms with Gasteiger partial charge >= 0.3 is 6.16 Å². The van der Waals surface area contributed by atoms with E-state index in [1.54, 1.807) is 0 Å². The van der Waals surface area contributed by atoms with Gasteiger partial charge in [0.25, 0.3) is 0 Å². The second kappa shape index (κ2) is 7.90. The Hall–Kier alpha value is -0.730. The van der Waals surface area contributed by atoms with Gasteiger partial charge in [0.15, 0.2) is 0 Å². The molecule has 0 fully saturated rings. The van der Waals surface area contributed by atoms with Gasteiger partial charge in [0.1, 0.15) is 12.2 Å². The molecule has 0 aromatic rings. The van der Waals surface area contributed by atoms with Gasteiger partial charge in [0, 0.05) is 0 Å². The summed E-state index contributed by atoms with van der Waals surface area (Å²) in [4.78, 5) is 12.1. The van der Waals surface area contributed by atoms with Gasteiger partial charge in [-0.3, -0.25) is 0 Å². The van der Waals surface area contributed by atoms with Crippen LogP contribution in [0.1, 0.15) is 81.1 Å². The van der Waals surface area contributed by atoms with Gasteiger partial charge in [-0.15, -0.1) is 0 Å². The highest BCUT2D eigenvalue weighted by molar-refractivity contribution is 5.60. The summed E-state index contributed by atoms with van der Waals surface area (Å²) in [5, 5.41) is 0. The van der Waals surface area contributed by atoms with Crippen molar-refractivity contribution in [3.05, 3.63) is 0 Å². The van der Waals surface area contributed by atoms with Crippen LogP contribution < -0.4 is 0 Å². The molecule has 120 valence electrons. The number of hydrogen-bond acceptors (Lipinski definition) is 3. The fraction of sp³-hybridized carbons (Fsp3) is 0.941. The molecule has 0 aliphatic rings. The number of rotatable bonds is 6. The third-order valence-electron chi connectivity index (χ3n) is 3.51. The average Bonchev–Trinajstić information content (AvgIpc) is 2.25. The lowest BCUT2D eigenvalue weighted by Crippen LogP contribution is -2.36. The highest BCUT2D eigenvalue weighted by atomic mass is 16.7. The van der Waals surface area contributed by atoms with E-state index in [9.17, 15) is 4.79 Å². The predicted molar refractivity (Wildman–Crippen MR) is 83.9 cm³/mol. The van der Waals surface area contributed by atoms with E-state index in [4.69, 9.17) is 9.47 Å². The second-order valence-corrected chi connectivity index (χ2v) is 7.77. The summed E-state index contributed by atoms with van der Waals surface area (Å²) in [5.41, 5.74) is -0.117. The van der Waals surface area contributed by atoms with Crippen molar-refractivity contribution in [2.24, 2.45) is 10.8 Å². The Morgan fingerprint density at radius 1 is 0.800 bits per heavy atom. The van der Waals surface area contributed by atoms with Gasteiger partial charge in [0.2, 0.25) is 0 Å². The van der Waals surface area contributed by atoms with Crippen molar-refractivity contribution in [2.75, 3.05) is 0 Å². The third-order valence-corrected chi connectivity index (χ3v) is 3.51. The Morgan fingerprint density at radius 2 is 1.10 bits per heavy atom. The molecule has 0 saturated carbocycles. The summed E-state index contributed by atoms with van der Waals surface area (Å²) >= 11 is 0. The van der Waals surface area contributed by atoms with E-state index in [1.807, 2.05) is 0 Å². The minimum Gasteiger partial charge on any atom is -0.430 e. The zero-order valence-electron chi connectivity index (χ0n) is 14.7. The monoisotopic (exact) mass is 286 g/mol. The number of carbonyl (C=O) groups is 1. The molecule has 0 amide bonds. The summed E-state index contributed by atoms with van der Waals surface area (Å²) in [6.45, 7) is 16.7. The Labute approximate surface area is 125 Å². The van der Waals surface area contributed by atoms with E-state index in [2.05, 4.69) is 55.4 Å². The summed E-state index contributed by atoms with van der Waals surface area (Å²) in [7, 11) is 0. The van der Waals surface area contributed by atoms with Crippen LogP contribution in [0, 0.1) is 10.8 Å². The molecule has 0 saturated heterocycles. The van der Waals surface area contributed by atoms with Gasteiger partial charge in [0.05, 0.1) is 0 Å². The first kappa shape index (κ1) is 19.3. The van der Waals surface area contributed by atoms with Crippen LogP contribution in [0.3, 0.4) is 0 Å².